The summed E-state index contributed by atoms with van der Waals surface area (Å²) in [5.74, 6) is 0.220. The van der Waals surface area contributed by atoms with Crippen LogP contribution < -0.4 is 10.2 Å². The summed E-state index contributed by atoms with van der Waals surface area (Å²) in [5, 5.41) is 13.9. The Morgan fingerprint density at radius 3 is 2.35 bits per heavy atom. The van der Waals surface area contributed by atoms with Crippen LogP contribution in [0.3, 0.4) is 0 Å². The van der Waals surface area contributed by atoms with Crippen molar-refractivity contribution in [3.63, 3.8) is 0 Å². The molecule has 0 spiro atoms. The third kappa shape index (κ3) is 3.71. The van der Waals surface area contributed by atoms with Gasteiger partial charge in [0.15, 0.2) is 5.11 Å². The molecular formula is C24H19BrN4OS. The molecule has 1 aliphatic heterocycles. The van der Waals surface area contributed by atoms with Crippen LogP contribution in [-0.4, -0.2) is 19.8 Å². The number of nitrogens with zero attached hydrogens (tertiary/aromatic N) is 3. The van der Waals surface area contributed by atoms with Crippen molar-refractivity contribution in [2.75, 3.05) is 4.90 Å². The largest absolute Gasteiger partial charge is 0.508 e. The minimum Gasteiger partial charge on any atom is -0.508 e. The number of hydrogen-bond acceptors (Lipinski definition) is 3. The molecule has 1 aliphatic rings. The number of rotatable bonds is 4. The fourth-order valence-electron chi connectivity index (χ4n) is 4.02. The first-order valence-electron chi connectivity index (χ1n) is 9.85. The number of phenolic OH excluding ortho intramolecular Hbond substituents is 1. The molecule has 0 aliphatic carbocycles. The first-order valence-corrected chi connectivity index (χ1v) is 11.0. The van der Waals surface area contributed by atoms with E-state index in [1.54, 1.807) is 18.3 Å². The van der Waals surface area contributed by atoms with E-state index in [4.69, 9.17) is 12.2 Å². The number of halogens is 1. The van der Waals surface area contributed by atoms with Crippen LogP contribution >= 0.6 is 28.1 Å². The fourth-order valence-corrected chi connectivity index (χ4v) is 4.63. The zero-order valence-corrected chi connectivity index (χ0v) is 18.8. The van der Waals surface area contributed by atoms with Gasteiger partial charge in [-0.05, 0) is 85.0 Å². The van der Waals surface area contributed by atoms with Crippen molar-refractivity contribution >= 4 is 38.9 Å². The lowest BCUT2D eigenvalue weighted by molar-refractivity contribution is 0.475. The molecule has 0 bridgehead atoms. The van der Waals surface area contributed by atoms with E-state index in [0.717, 1.165) is 27.2 Å². The van der Waals surface area contributed by atoms with Crippen molar-refractivity contribution in [3.05, 3.63) is 107 Å². The van der Waals surface area contributed by atoms with Crippen molar-refractivity contribution in [1.29, 1.82) is 0 Å². The Labute approximate surface area is 194 Å². The van der Waals surface area contributed by atoms with Gasteiger partial charge in [0, 0.05) is 33.9 Å². The number of pyridine rings is 1. The summed E-state index contributed by atoms with van der Waals surface area (Å²) in [6.45, 7) is 0. The molecule has 2 aromatic carbocycles. The number of anilines is 1. The third-order valence-corrected chi connectivity index (χ3v) is 6.26. The Morgan fingerprint density at radius 2 is 1.65 bits per heavy atom. The summed E-state index contributed by atoms with van der Waals surface area (Å²) >= 11 is 9.28. The Kier molecular flexibility index (Phi) is 5.21. The Balaban J connectivity index is 1.66. The normalized spacial score (nSPS) is 18.2. The van der Waals surface area contributed by atoms with Crippen molar-refractivity contribution in [3.8, 4) is 11.4 Å². The highest BCUT2D eigenvalue weighted by Crippen LogP contribution is 2.42. The van der Waals surface area contributed by atoms with E-state index in [2.05, 4.69) is 60.1 Å². The number of benzene rings is 2. The predicted octanol–water partition coefficient (Wildman–Crippen LogP) is 5.52. The second-order valence-electron chi connectivity index (χ2n) is 7.29. The van der Waals surface area contributed by atoms with Gasteiger partial charge >= 0.3 is 0 Å². The van der Waals surface area contributed by atoms with E-state index in [0.29, 0.717) is 5.11 Å². The molecule has 5 rings (SSSR count). The maximum Gasteiger partial charge on any atom is 0.174 e. The van der Waals surface area contributed by atoms with Gasteiger partial charge in [-0.1, -0.05) is 22.0 Å². The molecule has 154 valence electrons. The summed E-state index contributed by atoms with van der Waals surface area (Å²) in [6, 6.07) is 25.1. The molecule has 5 nitrogen and oxygen atoms in total. The third-order valence-electron chi connectivity index (χ3n) is 5.41. The van der Waals surface area contributed by atoms with Crippen LogP contribution in [0.2, 0.25) is 0 Å². The molecule has 0 amide bonds. The van der Waals surface area contributed by atoms with Gasteiger partial charge in [-0.2, -0.15) is 0 Å². The Morgan fingerprint density at radius 1 is 0.903 bits per heavy atom. The summed E-state index contributed by atoms with van der Waals surface area (Å²) in [6.07, 6.45) is 3.86. The highest BCUT2D eigenvalue weighted by atomic mass is 79.9. The van der Waals surface area contributed by atoms with Crippen LogP contribution in [0.15, 0.2) is 95.7 Å². The standard InChI is InChI=1S/C24H19BrN4OS/c25-16-6-8-17(9-7-16)28-15-3-5-21(28)23-22(20-4-1-2-14-26-20)27-24(31)29(23)18-10-12-19(30)13-11-18/h1-15,22-23,30H,(H,27,31). The topological polar surface area (TPSA) is 53.3 Å². The fraction of sp³-hybridized carbons (Fsp3) is 0.0833. The van der Waals surface area contributed by atoms with Gasteiger partial charge in [0.2, 0.25) is 0 Å². The van der Waals surface area contributed by atoms with Gasteiger partial charge in [-0.15, -0.1) is 0 Å². The van der Waals surface area contributed by atoms with Crippen LogP contribution in [0.4, 0.5) is 5.69 Å². The minimum atomic E-state index is -0.134. The lowest BCUT2D eigenvalue weighted by Crippen LogP contribution is -2.30. The number of aromatic hydroxyl groups is 1. The molecule has 2 unspecified atom stereocenters. The molecule has 31 heavy (non-hydrogen) atoms. The zero-order valence-electron chi connectivity index (χ0n) is 16.4. The lowest BCUT2D eigenvalue weighted by atomic mass is 10.0. The van der Waals surface area contributed by atoms with Crippen molar-refractivity contribution in [2.45, 2.75) is 12.1 Å². The van der Waals surface area contributed by atoms with Gasteiger partial charge in [0.25, 0.3) is 0 Å². The van der Waals surface area contributed by atoms with Crippen molar-refractivity contribution < 1.29 is 5.11 Å². The average Bonchev–Trinajstić information content (AvgIpc) is 3.40. The highest BCUT2D eigenvalue weighted by molar-refractivity contribution is 9.10. The second-order valence-corrected chi connectivity index (χ2v) is 8.59. The van der Waals surface area contributed by atoms with Crippen molar-refractivity contribution in [2.24, 2.45) is 0 Å². The first kappa shape index (κ1) is 19.8. The Bertz CT molecular complexity index is 1210. The van der Waals surface area contributed by atoms with Gasteiger partial charge in [-0.25, -0.2) is 0 Å². The van der Waals surface area contributed by atoms with E-state index in [1.165, 1.54) is 0 Å². The number of hydrogen-bond donors (Lipinski definition) is 2. The smallest absolute Gasteiger partial charge is 0.174 e. The number of phenols is 1. The molecule has 0 saturated carbocycles. The number of thiocarbonyl (C=S) groups is 1. The van der Waals surface area contributed by atoms with E-state index >= 15 is 0 Å². The summed E-state index contributed by atoms with van der Waals surface area (Å²) in [4.78, 5) is 6.70. The monoisotopic (exact) mass is 490 g/mol. The summed E-state index contributed by atoms with van der Waals surface area (Å²) < 4.78 is 3.21. The molecule has 7 heteroatoms. The van der Waals surface area contributed by atoms with Crippen LogP contribution in [0.1, 0.15) is 23.5 Å². The molecule has 2 atom stereocenters. The van der Waals surface area contributed by atoms with Gasteiger partial charge in [0.05, 0.1) is 11.7 Å². The Hall–Kier alpha value is -3.16. The lowest BCUT2D eigenvalue weighted by Gasteiger charge is -2.29. The molecule has 2 N–H and O–H groups in total. The maximum absolute atomic E-state index is 9.78. The molecule has 1 saturated heterocycles. The zero-order chi connectivity index (χ0) is 21.4. The molecule has 3 heterocycles. The first-order chi connectivity index (χ1) is 15.1. The average molecular weight is 491 g/mol. The molecule has 4 aromatic rings. The van der Waals surface area contributed by atoms with Crippen molar-refractivity contribution in [1.82, 2.24) is 14.9 Å². The van der Waals surface area contributed by atoms with E-state index < -0.39 is 0 Å². The van der Waals surface area contributed by atoms with Gasteiger partial charge < -0.3 is 19.9 Å². The van der Waals surface area contributed by atoms with E-state index in [1.807, 2.05) is 48.5 Å². The van der Waals surface area contributed by atoms with E-state index in [9.17, 15) is 5.11 Å². The maximum atomic E-state index is 9.78. The second kappa shape index (κ2) is 8.17. The summed E-state index contributed by atoms with van der Waals surface area (Å²) in [7, 11) is 0. The van der Waals surface area contributed by atoms with Gasteiger partial charge in [-0.3, -0.25) is 4.98 Å². The van der Waals surface area contributed by atoms with Crippen LogP contribution in [-0.2, 0) is 0 Å². The minimum absolute atomic E-state index is 0.133. The van der Waals surface area contributed by atoms with Crippen LogP contribution in [0.25, 0.3) is 5.69 Å². The number of aromatic nitrogens is 2. The molecular weight excluding hydrogens is 472 g/mol. The number of nitrogens with one attached hydrogen (secondary N) is 1. The van der Waals surface area contributed by atoms with Gasteiger partial charge in [0.1, 0.15) is 11.8 Å². The predicted molar refractivity (Wildman–Crippen MR) is 130 cm³/mol. The molecule has 2 aromatic heterocycles. The van der Waals surface area contributed by atoms with Crippen LogP contribution in [0.5, 0.6) is 5.75 Å². The molecule has 1 fully saturated rings. The summed E-state index contributed by atoms with van der Waals surface area (Å²) in [5.41, 5.74) is 3.96. The molecule has 0 radical (unpaired) electrons. The van der Waals surface area contributed by atoms with Crippen LogP contribution in [0, 0.1) is 0 Å². The SMILES string of the molecule is Oc1ccc(N2C(=S)NC(c3ccccn3)C2c2cccn2-c2ccc(Br)cc2)cc1. The van der Waals surface area contributed by atoms with E-state index in [-0.39, 0.29) is 17.8 Å². The quantitative estimate of drug-likeness (QED) is 0.369. The highest BCUT2D eigenvalue weighted by Gasteiger charge is 2.42.